The van der Waals surface area contributed by atoms with Crippen LogP contribution in [-0.2, 0) is 11.2 Å². The average molecular weight is 329 g/mol. The Morgan fingerprint density at radius 2 is 2.13 bits per heavy atom. The van der Waals surface area contributed by atoms with E-state index in [1.54, 1.807) is 11.7 Å². The third-order valence-electron chi connectivity index (χ3n) is 3.18. The number of anilines is 1. The van der Waals surface area contributed by atoms with E-state index in [0.717, 1.165) is 10.4 Å². The Kier molecular flexibility index (Phi) is 4.33. The number of carbonyl (C=O) groups excluding carboxylic acids is 1. The van der Waals surface area contributed by atoms with Crippen LogP contribution >= 0.6 is 11.3 Å². The van der Waals surface area contributed by atoms with Crippen molar-refractivity contribution in [2.45, 2.75) is 19.4 Å². The molecule has 1 unspecified atom stereocenters. The Morgan fingerprint density at radius 3 is 2.78 bits per heavy atom. The second-order valence-corrected chi connectivity index (χ2v) is 5.90. The molecule has 1 aromatic carbocycles. The third kappa shape index (κ3) is 3.72. The summed E-state index contributed by atoms with van der Waals surface area (Å²) in [5.41, 5.74) is 9.08. The van der Waals surface area contributed by atoms with Crippen LogP contribution in [0.3, 0.4) is 0 Å². The van der Waals surface area contributed by atoms with Crippen LogP contribution in [0.2, 0.25) is 0 Å². The van der Waals surface area contributed by atoms with E-state index in [4.69, 9.17) is 10.2 Å². The molecule has 0 spiro atoms. The van der Waals surface area contributed by atoms with Crippen LogP contribution in [0.25, 0.3) is 10.8 Å². The molecule has 3 aromatic rings. The van der Waals surface area contributed by atoms with Gasteiger partial charge in [-0.25, -0.2) is 0 Å². The number of nitrogens with two attached hydrogens (primary N) is 1. The van der Waals surface area contributed by atoms with Gasteiger partial charge in [-0.05, 0) is 17.7 Å². The number of carbonyl (C=O) groups is 1. The van der Waals surface area contributed by atoms with E-state index in [0.29, 0.717) is 23.9 Å². The molecular weight excluding hydrogens is 314 g/mol. The summed E-state index contributed by atoms with van der Waals surface area (Å²) >= 11 is 1.41. The average Bonchev–Trinajstić information content (AvgIpc) is 3.19. The second kappa shape index (κ2) is 6.57. The highest BCUT2D eigenvalue weighted by Crippen LogP contribution is 2.25. The van der Waals surface area contributed by atoms with Gasteiger partial charge in [0.1, 0.15) is 10.9 Å². The maximum Gasteiger partial charge on any atom is 0.259 e. The first-order valence-electron chi connectivity index (χ1n) is 6.95. The maximum atomic E-state index is 11.5. The van der Waals surface area contributed by atoms with Crippen molar-refractivity contribution < 1.29 is 9.21 Å². The zero-order valence-electron chi connectivity index (χ0n) is 12.4. The molecule has 3 N–H and O–H groups in total. The SMILES string of the molecule is CC(=O)NC(Cc1ccc(N)cc1)c1nnc(-c2cncs2)o1. The number of nitrogen functional groups attached to an aromatic ring is 1. The predicted octanol–water partition coefficient (Wildman–Crippen LogP) is 2.20. The molecule has 0 aliphatic carbocycles. The molecule has 1 amide bonds. The van der Waals surface area contributed by atoms with Crippen LogP contribution in [0.15, 0.2) is 40.4 Å². The van der Waals surface area contributed by atoms with E-state index in [9.17, 15) is 4.79 Å². The lowest BCUT2D eigenvalue weighted by molar-refractivity contribution is -0.119. The van der Waals surface area contributed by atoms with Gasteiger partial charge in [0.25, 0.3) is 5.89 Å². The van der Waals surface area contributed by atoms with E-state index >= 15 is 0 Å². The van der Waals surface area contributed by atoms with Crippen LogP contribution in [0.4, 0.5) is 5.69 Å². The molecule has 1 atom stereocenters. The molecule has 0 bridgehead atoms. The first kappa shape index (κ1) is 15.2. The van der Waals surface area contributed by atoms with Gasteiger partial charge in [-0.1, -0.05) is 12.1 Å². The molecule has 0 saturated heterocycles. The molecule has 0 saturated carbocycles. The highest BCUT2D eigenvalue weighted by atomic mass is 32.1. The monoisotopic (exact) mass is 329 g/mol. The summed E-state index contributed by atoms with van der Waals surface area (Å²) < 4.78 is 5.70. The minimum absolute atomic E-state index is 0.164. The van der Waals surface area contributed by atoms with Crippen molar-refractivity contribution in [2.24, 2.45) is 0 Å². The van der Waals surface area contributed by atoms with Crippen molar-refractivity contribution in [1.29, 1.82) is 0 Å². The van der Waals surface area contributed by atoms with Crippen molar-refractivity contribution >= 4 is 22.9 Å². The van der Waals surface area contributed by atoms with Gasteiger partial charge in [0.15, 0.2) is 0 Å². The van der Waals surface area contributed by atoms with Gasteiger partial charge in [-0.3, -0.25) is 9.78 Å². The van der Waals surface area contributed by atoms with Crippen molar-refractivity contribution in [3.63, 3.8) is 0 Å². The quantitative estimate of drug-likeness (QED) is 0.695. The van der Waals surface area contributed by atoms with Crippen LogP contribution < -0.4 is 11.1 Å². The maximum absolute atomic E-state index is 11.5. The van der Waals surface area contributed by atoms with Gasteiger partial charge >= 0.3 is 0 Å². The van der Waals surface area contributed by atoms with Crippen molar-refractivity contribution in [2.75, 3.05) is 5.73 Å². The standard InChI is InChI=1S/C15H15N5O2S/c1-9(21)18-12(6-10-2-4-11(16)5-3-10)14-19-20-15(22-14)13-7-17-8-23-13/h2-5,7-8,12H,6,16H2,1H3,(H,18,21). The molecule has 0 aliphatic heterocycles. The number of rotatable bonds is 5. The van der Waals surface area contributed by atoms with E-state index in [1.165, 1.54) is 18.3 Å². The minimum atomic E-state index is -0.398. The van der Waals surface area contributed by atoms with Gasteiger partial charge in [-0.2, -0.15) is 0 Å². The normalized spacial score (nSPS) is 12.0. The summed E-state index contributed by atoms with van der Waals surface area (Å²) in [6, 6.07) is 7.05. The zero-order valence-corrected chi connectivity index (χ0v) is 13.2. The van der Waals surface area contributed by atoms with Gasteiger partial charge in [0, 0.05) is 19.0 Å². The first-order chi connectivity index (χ1) is 11.1. The summed E-state index contributed by atoms with van der Waals surface area (Å²) in [5.74, 6) is 0.596. The third-order valence-corrected chi connectivity index (χ3v) is 3.94. The molecule has 2 heterocycles. The van der Waals surface area contributed by atoms with E-state index in [2.05, 4.69) is 20.5 Å². The molecule has 23 heavy (non-hydrogen) atoms. The molecule has 0 aliphatic rings. The fourth-order valence-electron chi connectivity index (χ4n) is 2.13. The van der Waals surface area contributed by atoms with Gasteiger partial charge in [-0.15, -0.1) is 21.5 Å². The number of benzene rings is 1. The summed E-state index contributed by atoms with van der Waals surface area (Å²) in [5, 5.41) is 10.9. The summed E-state index contributed by atoms with van der Waals surface area (Å²) in [6.45, 7) is 1.45. The van der Waals surface area contributed by atoms with Crippen LogP contribution in [0, 0.1) is 0 Å². The highest BCUT2D eigenvalue weighted by Gasteiger charge is 2.21. The van der Waals surface area contributed by atoms with Gasteiger partial charge < -0.3 is 15.5 Å². The summed E-state index contributed by atoms with van der Waals surface area (Å²) in [7, 11) is 0. The molecule has 3 rings (SSSR count). The minimum Gasteiger partial charge on any atom is -0.418 e. The van der Waals surface area contributed by atoms with E-state index in [1.807, 2.05) is 24.3 Å². The Morgan fingerprint density at radius 1 is 1.35 bits per heavy atom. The van der Waals surface area contributed by atoms with E-state index < -0.39 is 6.04 Å². The zero-order chi connectivity index (χ0) is 16.2. The lowest BCUT2D eigenvalue weighted by atomic mass is 10.1. The van der Waals surface area contributed by atoms with Crippen molar-refractivity contribution in [3.8, 4) is 10.8 Å². The van der Waals surface area contributed by atoms with Gasteiger partial charge in [0.2, 0.25) is 11.8 Å². The Labute approximate surface area is 136 Å². The summed E-state index contributed by atoms with van der Waals surface area (Å²) in [4.78, 5) is 16.3. The molecule has 7 nitrogen and oxygen atoms in total. The largest absolute Gasteiger partial charge is 0.418 e. The number of hydrogen-bond donors (Lipinski definition) is 2. The Bertz CT molecular complexity index is 783. The van der Waals surface area contributed by atoms with Gasteiger partial charge in [0.05, 0.1) is 11.7 Å². The predicted molar refractivity (Wildman–Crippen MR) is 86.5 cm³/mol. The number of aromatic nitrogens is 3. The molecule has 0 fully saturated rings. The van der Waals surface area contributed by atoms with Crippen molar-refractivity contribution in [1.82, 2.24) is 20.5 Å². The smallest absolute Gasteiger partial charge is 0.259 e. The van der Waals surface area contributed by atoms with Crippen molar-refractivity contribution in [3.05, 3.63) is 47.4 Å². The molecule has 0 radical (unpaired) electrons. The number of nitrogens with zero attached hydrogens (tertiary/aromatic N) is 3. The molecule has 2 aromatic heterocycles. The molecule has 118 valence electrons. The first-order valence-corrected chi connectivity index (χ1v) is 7.83. The molecular formula is C15H15N5O2S. The highest BCUT2D eigenvalue weighted by molar-refractivity contribution is 7.13. The van der Waals surface area contributed by atoms with E-state index in [-0.39, 0.29) is 5.91 Å². The fraction of sp³-hybridized carbons (Fsp3) is 0.200. The Balaban J connectivity index is 1.84. The number of amides is 1. The molecule has 8 heteroatoms. The number of hydrogen-bond acceptors (Lipinski definition) is 7. The second-order valence-electron chi connectivity index (χ2n) is 5.01. The fourth-order valence-corrected chi connectivity index (χ4v) is 2.67. The van der Waals surface area contributed by atoms with Crippen LogP contribution in [-0.4, -0.2) is 21.1 Å². The lowest BCUT2D eigenvalue weighted by Gasteiger charge is -2.14. The number of thiazole rings is 1. The number of nitrogens with one attached hydrogen (secondary N) is 1. The topological polar surface area (TPSA) is 107 Å². The lowest BCUT2D eigenvalue weighted by Crippen LogP contribution is -2.28. The van der Waals surface area contributed by atoms with Crippen LogP contribution in [0.1, 0.15) is 24.4 Å². The Hall–Kier alpha value is -2.74. The summed E-state index contributed by atoms with van der Waals surface area (Å²) in [6.07, 6.45) is 2.19. The van der Waals surface area contributed by atoms with Crippen LogP contribution in [0.5, 0.6) is 0 Å².